The highest BCUT2D eigenvalue weighted by Gasteiger charge is 2.41. The van der Waals surface area contributed by atoms with E-state index in [1.54, 1.807) is 0 Å². The molecule has 120 valence electrons. The van der Waals surface area contributed by atoms with E-state index in [4.69, 9.17) is 5.11 Å². The Morgan fingerprint density at radius 3 is 2.48 bits per heavy atom. The van der Waals surface area contributed by atoms with Gasteiger partial charge >= 0.3 is 12.0 Å². The molecule has 0 aromatic carbocycles. The summed E-state index contributed by atoms with van der Waals surface area (Å²) in [6.07, 6.45) is 3.70. The molecular formula is C14H25N3O4. The molecule has 2 unspecified atom stereocenters. The maximum Gasteiger partial charge on any atom is 0.326 e. The van der Waals surface area contributed by atoms with Gasteiger partial charge in [0, 0.05) is 25.0 Å². The van der Waals surface area contributed by atoms with Gasteiger partial charge in [0.2, 0.25) is 0 Å². The summed E-state index contributed by atoms with van der Waals surface area (Å²) in [5.74, 6) is -1.06. The Morgan fingerprint density at radius 2 is 1.95 bits per heavy atom. The number of carboxylic acids is 1. The van der Waals surface area contributed by atoms with Gasteiger partial charge in [-0.15, -0.1) is 0 Å². The summed E-state index contributed by atoms with van der Waals surface area (Å²) in [5, 5.41) is 21.6. The molecule has 2 amide bonds. The molecule has 3 N–H and O–H groups in total. The summed E-state index contributed by atoms with van der Waals surface area (Å²) >= 11 is 0. The van der Waals surface area contributed by atoms with Gasteiger partial charge in [0.25, 0.3) is 0 Å². The van der Waals surface area contributed by atoms with E-state index >= 15 is 0 Å². The quantitative estimate of drug-likeness (QED) is 0.684. The molecular weight excluding hydrogens is 274 g/mol. The van der Waals surface area contributed by atoms with Gasteiger partial charge in [0.05, 0.1) is 6.10 Å². The van der Waals surface area contributed by atoms with Gasteiger partial charge in [-0.3, -0.25) is 0 Å². The minimum Gasteiger partial charge on any atom is -0.480 e. The molecule has 2 atom stereocenters. The number of nitrogens with zero attached hydrogens (tertiary/aromatic N) is 2. The number of carbonyl (C=O) groups excluding carboxylic acids is 1. The fraction of sp³-hybridized carbons (Fsp3) is 0.857. The minimum atomic E-state index is -1.06. The molecule has 0 aromatic heterocycles. The predicted molar refractivity (Wildman–Crippen MR) is 77.0 cm³/mol. The summed E-state index contributed by atoms with van der Waals surface area (Å²) in [7, 11) is 4.02. The molecule has 1 heterocycles. The SMILES string of the molecule is CN(C)C1(CNC(=O)N2CC(O)CC2C(=O)O)CCCC1. The minimum absolute atomic E-state index is 0.0350. The van der Waals surface area contributed by atoms with Crippen molar-refractivity contribution >= 4 is 12.0 Å². The van der Waals surface area contributed by atoms with Gasteiger partial charge in [0.15, 0.2) is 0 Å². The Kier molecular flexibility index (Phi) is 4.73. The topological polar surface area (TPSA) is 93.1 Å². The Hall–Kier alpha value is -1.34. The van der Waals surface area contributed by atoms with Crippen molar-refractivity contribution in [1.29, 1.82) is 0 Å². The smallest absolute Gasteiger partial charge is 0.326 e. The van der Waals surface area contributed by atoms with Crippen LogP contribution in [0.2, 0.25) is 0 Å². The van der Waals surface area contributed by atoms with E-state index in [-0.39, 0.29) is 18.5 Å². The molecule has 1 saturated carbocycles. The van der Waals surface area contributed by atoms with Crippen LogP contribution in [0.3, 0.4) is 0 Å². The zero-order chi connectivity index (χ0) is 15.6. The van der Waals surface area contributed by atoms with Crippen LogP contribution in [-0.4, -0.2) is 76.9 Å². The largest absolute Gasteiger partial charge is 0.480 e. The lowest BCUT2D eigenvalue weighted by atomic mass is 9.96. The number of rotatable bonds is 4. The highest BCUT2D eigenvalue weighted by atomic mass is 16.4. The number of β-amino-alcohol motifs (C(OH)–C–C–N with tert-alkyl or cyclic N) is 1. The zero-order valence-electron chi connectivity index (χ0n) is 12.7. The van der Waals surface area contributed by atoms with Gasteiger partial charge in [-0.2, -0.15) is 0 Å². The maximum absolute atomic E-state index is 12.2. The molecule has 1 aliphatic carbocycles. The summed E-state index contributed by atoms with van der Waals surface area (Å²) in [6.45, 7) is 0.593. The number of likely N-dealkylation sites (tertiary alicyclic amines) is 1. The van der Waals surface area contributed by atoms with E-state index in [0.29, 0.717) is 6.54 Å². The van der Waals surface area contributed by atoms with Crippen LogP contribution < -0.4 is 5.32 Å². The monoisotopic (exact) mass is 299 g/mol. The standard InChI is InChI=1S/C14H25N3O4/c1-16(2)14(5-3-4-6-14)9-15-13(21)17-8-10(18)7-11(17)12(19)20/h10-11,18H,3-9H2,1-2H3,(H,15,21)(H,19,20). The van der Waals surface area contributed by atoms with Crippen molar-refractivity contribution in [2.45, 2.75) is 49.8 Å². The Bertz CT molecular complexity index is 407. The number of carboxylic acid groups (broad SMARTS) is 1. The molecule has 21 heavy (non-hydrogen) atoms. The molecule has 0 radical (unpaired) electrons. The number of amides is 2. The molecule has 0 spiro atoms. The lowest BCUT2D eigenvalue weighted by Gasteiger charge is -2.37. The molecule has 7 heteroatoms. The first-order valence-corrected chi connectivity index (χ1v) is 7.48. The number of likely N-dealkylation sites (N-methyl/N-ethyl adjacent to an activating group) is 1. The third kappa shape index (κ3) is 3.29. The summed E-state index contributed by atoms with van der Waals surface area (Å²) in [4.78, 5) is 26.8. The van der Waals surface area contributed by atoms with E-state index in [1.165, 1.54) is 4.90 Å². The maximum atomic E-state index is 12.2. The Morgan fingerprint density at radius 1 is 1.33 bits per heavy atom. The molecule has 2 rings (SSSR count). The molecule has 2 fully saturated rings. The zero-order valence-corrected chi connectivity index (χ0v) is 12.7. The van der Waals surface area contributed by atoms with Crippen molar-refractivity contribution in [2.24, 2.45) is 0 Å². The first kappa shape index (κ1) is 16.0. The number of hydrogen-bond acceptors (Lipinski definition) is 4. The average Bonchev–Trinajstić information content (AvgIpc) is 3.03. The molecule has 0 aromatic rings. The van der Waals surface area contributed by atoms with Crippen molar-refractivity contribution < 1.29 is 19.8 Å². The first-order chi connectivity index (χ1) is 9.85. The van der Waals surface area contributed by atoms with Crippen LogP contribution in [0.15, 0.2) is 0 Å². The van der Waals surface area contributed by atoms with Crippen LogP contribution in [0.25, 0.3) is 0 Å². The molecule has 1 aliphatic heterocycles. The van der Waals surface area contributed by atoms with Crippen molar-refractivity contribution in [1.82, 2.24) is 15.1 Å². The van der Waals surface area contributed by atoms with Crippen molar-refractivity contribution in [2.75, 3.05) is 27.2 Å². The molecule has 0 bridgehead atoms. The second kappa shape index (κ2) is 6.19. The van der Waals surface area contributed by atoms with E-state index in [9.17, 15) is 14.7 Å². The molecule has 2 aliphatic rings. The average molecular weight is 299 g/mol. The normalized spacial score (nSPS) is 28.1. The lowest BCUT2D eigenvalue weighted by molar-refractivity contribution is -0.141. The van der Waals surface area contributed by atoms with Crippen LogP contribution in [0, 0.1) is 0 Å². The van der Waals surface area contributed by atoms with Crippen molar-refractivity contribution in [3.05, 3.63) is 0 Å². The second-order valence-electron chi connectivity index (χ2n) is 6.38. The van der Waals surface area contributed by atoms with E-state index < -0.39 is 24.1 Å². The van der Waals surface area contributed by atoms with Crippen LogP contribution in [0.1, 0.15) is 32.1 Å². The fourth-order valence-corrected chi connectivity index (χ4v) is 3.43. The van der Waals surface area contributed by atoms with Gasteiger partial charge in [-0.1, -0.05) is 12.8 Å². The number of carbonyl (C=O) groups is 2. The van der Waals surface area contributed by atoms with E-state index in [2.05, 4.69) is 10.2 Å². The number of aliphatic hydroxyl groups excluding tert-OH is 1. The third-order valence-electron chi connectivity index (χ3n) is 4.88. The fourth-order valence-electron chi connectivity index (χ4n) is 3.43. The predicted octanol–water partition coefficient (Wildman–Crippen LogP) is 0.0902. The van der Waals surface area contributed by atoms with Gasteiger partial charge in [-0.25, -0.2) is 9.59 Å². The van der Waals surface area contributed by atoms with Crippen LogP contribution >= 0.6 is 0 Å². The molecule has 1 saturated heterocycles. The summed E-state index contributed by atoms with van der Waals surface area (Å²) < 4.78 is 0. The van der Waals surface area contributed by atoms with Crippen LogP contribution in [0.4, 0.5) is 4.79 Å². The van der Waals surface area contributed by atoms with E-state index in [1.807, 2.05) is 14.1 Å². The first-order valence-electron chi connectivity index (χ1n) is 7.48. The number of aliphatic carboxylic acids is 1. The number of aliphatic hydroxyl groups is 1. The Balaban J connectivity index is 1.96. The summed E-state index contributed by atoms with van der Waals surface area (Å²) in [5.41, 5.74) is -0.0350. The van der Waals surface area contributed by atoms with Gasteiger partial charge < -0.3 is 25.3 Å². The highest BCUT2D eigenvalue weighted by Crippen LogP contribution is 2.33. The Labute approximate surface area is 124 Å². The van der Waals surface area contributed by atoms with Crippen molar-refractivity contribution in [3.63, 3.8) is 0 Å². The van der Waals surface area contributed by atoms with Gasteiger partial charge in [0.1, 0.15) is 6.04 Å². The second-order valence-corrected chi connectivity index (χ2v) is 6.38. The molecule has 7 nitrogen and oxygen atoms in total. The lowest BCUT2D eigenvalue weighted by Crippen LogP contribution is -2.54. The number of urea groups is 1. The van der Waals surface area contributed by atoms with Crippen LogP contribution in [-0.2, 0) is 4.79 Å². The highest BCUT2D eigenvalue weighted by molar-refractivity contribution is 5.83. The third-order valence-corrected chi connectivity index (χ3v) is 4.88. The number of hydrogen-bond donors (Lipinski definition) is 3. The summed E-state index contributed by atoms with van der Waals surface area (Å²) in [6, 6.07) is -1.33. The number of nitrogens with one attached hydrogen (secondary N) is 1. The van der Waals surface area contributed by atoms with Crippen LogP contribution in [0.5, 0.6) is 0 Å². The van der Waals surface area contributed by atoms with Gasteiger partial charge in [-0.05, 0) is 26.9 Å². The van der Waals surface area contributed by atoms with Crippen molar-refractivity contribution in [3.8, 4) is 0 Å². The van der Waals surface area contributed by atoms with E-state index in [0.717, 1.165) is 25.7 Å².